The lowest BCUT2D eigenvalue weighted by Gasteiger charge is -2.26. The van der Waals surface area contributed by atoms with Gasteiger partial charge in [-0.15, -0.1) is 0 Å². The lowest BCUT2D eigenvalue weighted by atomic mass is 10.1. The molecule has 1 atom stereocenters. The predicted molar refractivity (Wildman–Crippen MR) is 67.2 cm³/mol. The molecule has 1 saturated heterocycles. The lowest BCUT2D eigenvalue weighted by Crippen LogP contribution is -2.33. The molecule has 0 aliphatic carbocycles. The Labute approximate surface area is 113 Å². The molecule has 20 heavy (non-hydrogen) atoms. The Balaban J connectivity index is 2.29. The van der Waals surface area contributed by atoms with Crippen LogP contribution in [0.2, 0.25) is 0 Å². The standard InChI is InChI=1S/C12H13FN2O5/c1-19-12(16)8-4-10(14-6-7-2-3-20-7)11(15(17)18)5-9(8)13/h4-5,7,14H,2-3,6H2,1H3/t7-/m0/s1. The van der Waals surface area contributed by atoms with Gasteiger partial charge in [0.05, 0.1) is 29.8 Å². The fourth-order valence-electron chi connectivity index (χ4n) is 1.79. The third-order valence-corrected chi connectivity index (χ3v) is 3.00. The van der Waals surface area contributed by atoms with E-state index in [4.69, 9.17) is 4.74 Å². The van der Waals surface area contributed by atoms with Crippen LogP contribution in [0.4, 0.5) is 15.8 Å². The van der Waals surface area contributed by atoms with Crippen LogP contribution in [-0.2, 0) is 9.47 Å². The van der Waals surface area contributed by atoms with Gasteiger partial charge in [0, 0.05) is 13.2 Å². The van der Waals surface area contributed by atoms with Crippen LogP contribution in [0.3, 0.4) is 0 Å². The lowest BCUT2D eigenvalue weighted by molar-refractivity contribution is -0.384. The Morgan fingerprint density at radius 1 is 1.65 bits per heavy atom. The van der Waals surface area contributed by atoms with E-state index in [-0.39, 0.29) is 17.4 Å². The van der Waals surface area contributed by atoms with Gasteiger partial charge in [-0.2, -0.15) is 0 Å². The highest BCUT2D eigenvalue weighted by molar-refractivity contribution is 5.91. The van der Waals surface area contributed by atoms with Gasteiger partial charge in [0.15, 0.2) is 0 Å². The number of methoxy groups -OCH3 is 1. The summed E-state index contributed by atoms with van der Waals surface area (Å²) in [7, 11) is 1.11. The zero-order chi connectivity index (χ0) is 14.7. The molecule has 2 rings (SSSR count). The summed E-state index contributed by atoms with van der Waals surface area (Å²) in [6, 6.07) is 1.79. The summed E-state index contributed by atoms with van der Waals surface area (Å²) in [5, 5.41) is 13.7. The molecule has 0 bridgehead atoms. The molecule has 1 aromatic carbocycles. The van der Waals surface area contributed by atoms with Gasteiger partial charge >= 0.3 is 5.97 Å². The number of esters is 1. The van der Waals surface area contributed by atoms with Gasteiger partial charge in [-0.25, -0.2) is 9.18 Å². The number of carbonyl (C=O) groups excluding carboxylic acids is 1. The molecule has 0 amide bonds. The van der Waals surface area contributed by atoms with Crippen molar-refractivity contribution in [3.8, 4) is 0 Å². The highest BCUT2D eigenvalue weighted by atomic mass is 19.1. The van der Waals surface area contributed by atoms with Gasteiger partial charge in [-0.1, -0.05) is 0 Å². The minimum atomic E-state index is -0.992. The van der Waals surface area contributed by atoms with Crippen molar-refractivity contribution in [2.75, 3.05) is 25.6 Å². The number of ether oxygens (including phenoxy) is 2. The van der Waals surface area contributed by atoms with Crippen molar-refractivity contribution in [3.63, 3.8) is 0 Å². The molecule has 1 aliphatic rings. The SMILES string of the molecule is COC(=O)c1cc(NC[C@@H]2CCO2)c([N+](=O)[O-])cc1F. The molecule has 1 aromatic rings. The second kappa shape index (κ2) is 5.83. The topological polar surface area (TPSA) is 90.7 Å². The van der Waals surface area contributed by atoms with Crippen molar-refractivity contribution < 1.29 is 23.6 Å². The van der Waals surface area contributed by atoms with Crippen LogP contribution in [0.5, 0.6) is 0 Å². The first-order chi connectivity index (χ1) is 9.52. The van der Waals surface area contributed by atoms with Crippen LogP contribution in [0.25, 0.3) is 0 Å². The highest BCUT2D eigenvalue weighted by Crippen LogP contribution is 2.28. The summed E-state index contributed by atoms with van der Waals surface area (Å²) < 4.78 is 23.3. The fourth-order valence-corrected chi connectivity index (χ4v) is 1.79. The fraction of sp³-hybridized carbons (Fsp3) is 0.417. The average Bonchev–Trinajstić information content (AvgIpc) is 2.37. The molecule has 0 unspecified atom stereocenters. The van der Waals surface area contributed by atoms with Gasteiger partial charge in [-0.05, 0) is 12.5 Å². The molecule has 1 N–H and O–H groups in total. The molecule has 0 radical (unpaired) electrons. The van der Waals surface area contributed by atoms with E-state index < -0.39 is 22.4 Å². The van der Waals surface area contributed by atoms with E-state index in [1.807, 2.05) is 0 Å². The van der Waals surface area contributed by atoms with Crippen LogP contribution >= 0.6 is 0 Å². The Morgan fingerprint density at radius 2 is 2.35 bits per heavy atom. The first kappa shape index (κ1) is 14.2. The van der Waals surface area contributed by atoms with E-state index in [1.54, 1.807) is 0 Å². The van der Waals surface area contributed by atoms with Crippen molar-refractivity contribution in [3.05, 3.63) is 33.6 Å². The van der Waals surface area contributed by atoms with E-state index >= 15 is 0 Å². The molecule has 7 nitrogen and oxygen atoms in total. The number of rotatable bonds is 5. The second-order valence-electron chi connectivity index (χ2n) is 4.26. The molecule has 0 aromatic heterocycles. The number of carbonyl (C=O) groups is 1. The van der Waals surface area contributed by atoms with Crippen LogP contribution < -0.4 is 5.32 Å². The zero-order valence-corrected chi connectivity index (χ0v) is 10.7. The molecular weight excluding hydrogens is 271 g/mol. The first-order valence-electron chi connectivity index (χ1n) is 5.94. The number of hydrogen-bond acceptors (Lipinski definition) is 6. The number of nitrogens with zero attached hydrogens (tertiary/aromatic N) is 1. The number of benzene rings is 1. The van der Waals surface area contributed by atoms with E-state index in [0.29, 0.717) is 19.2 Å². The van der Waals surface area contributed by atoms with Gasteiger partial charge < -0.3 is 14.8 Å². The summed E-state index contributed by atoms with van der Waals surface area (Å²) in [4.78, 5) is 21.6. The Hall–Kier alpha value is -2.22. The number of hydrogen-bond donors (Lipinski definition) is 1. The summed E-state index contributed by atoms with van der Waals surface area (Å²) >= 11 is 0. The predicted octanol–water partition coefficient (Wildman–Crippen LogP) is 1.72. The Kier molecular flexibility index (Phi) is 4.14. The maximum Gasteiger partial charge on any atom is 0.340 e. The van der Waals surface area contributed by atoms with Crippen LogP contribution in [-0.4, -0.2) is 37.3 Å². The van der Waals surface area contributed by atoms with E-state index in [2.05, 4.69) is 10.1 Å². The van der Waals surface area contributed by atoms with Gasteiger partial charge in [0.2, 0.25) is 0 Å². The minimum absolute atomic E-state index is 0.0266. The minimum Gasteiger partial charge on any atom is -0.465 e. The number of nitro groups is 1. The largest absolute Gasteiger partial charge is 0.465 e. The second-order valence-corrected chi connectivity index (χ2v) is 4.26. The molecule has 1 aliphatic heterocycles. The summed E-state index contributed by atoms with van der Waals surface area (Å²) in [5.74, 6) is -1.88. The Morgan fingerprint density at radius 3 is 2.85 bits per heavy atom. The third-order valence-electron chi connectivity index (χ3n) is 3.00. The number of nitrogens with one attached hydrogen (secondary N) is 1. The van der Waals surface area contributed by atoms with Crippen LogP contribution in [0.15, 0.2) is 12.1 Å². The van der Waals surface area contributed by atoms with Crippen molar-refractivity contribution in [1.82, 2.24) is 0 Å². The van der Waals surface area contributed by atoms with Crippen molar-refractivity contribution in [2.24, 2.45) is 0 Å². The van der Waals surface area contributed by atoms with E-state index in [1.165, 1.54) is 0 Å². The van der Waals surface area contributed by atoms with Gasteiger partial charge in [0.1, 0.15) is 11.5 Å². The quantitative estimate of drug-likeness (QED) is 0.503. The van der Waals surface area contributed by atoms with Gasteiger partial charge in [0.25, 0.3) is 5.69 Å². The van der Waals surface area contributed by atoms with E-state index in [9.17, 15) is 19.3 Å². The van der Waals surface area contributed by atoms with Gasteiger partial charge in [-0.3, -0.25) is 10.1 Å². The molecule has 8 heteroatoms. The van der Waals surface area contributed by atoms with Crippen molar-refractivity contribution in [1.29, 1.82) is 0 Å². The molecule has 0 spiro atoms. The monoisotopic (exact) mass is 284 g/mol. The smallest absolute Gasteiger partial charge is 0.340 e. The summed E-state index contributed by atoms with van der Waals surface area (Å²) in [6.45, 7) is 1.01. The number of anilines is 1. The molecule has 108 valence electrons. The average molecular weight is 284 g/mol. The molecular formula is C12H13FN2O5. The summed E-state index contributed by atoms with van der Waals surface area (Å²) in [6.07, 6.45) is 0.826. The van der Waals surface area contributed by atoms with Crippen LogP contribution in [0.1, 0.15) is 16.8 Å². The molecule has 1 heterocycles. The van der Waals surface area contributed by atoms with Crippen molar-refractivity contribution in [2.45, 2.75) is 12.5 Å². The zero-order valence-electron chi connectivity index (χ0n) is 10.7. The third kappa shape index (κ3) is 2.85. The van der Waals surface area contributed by atoms with Crippen LogP contribution in [0, 0.1) is 15.9 Å². The van der Waals surface area contributed by atoms with Crippen molar-refractivity contribution >= 4 is 17.3 Å². The maximum absolute atomic E-state index is 13.6. The normalized spacial score (nSPS) is 17.2. The number of nitro benzene ring substituents is 1. The Bertz CT molecular complexity index is 545. The summed E-state index contributed by atoms with van der Waals surface area (Å²) in [5.41, 5.74) is -0.725. The van der Waals surface area contributed by atoms with E-state index in [0.717, 1.165) is 19.6 Å². The highest BCUT2D eigenvalue weighted by Gasteiger charge is 2.24. The molecule has 0 saturated carbocycles. The maximum atomic E-state index is 13.6. The number of halogens is 1. The molecule has 1 fully saturated rings. The first-order valence-corrected chi connectivity index (χ1v) is 5.94.